The minimum atomic E-state index is -0.207. The molecule has 0 aromatic carbocycles. The van der Waals surface area contributed by atoms with E-state index in [-0.39, 0.29) is 6.67 Å². The molecule has 2 nitrogen and oxygen atoms in total. The van der Waals surface area contributed by atoms with Crippen LogP contribution in [-0.2, 0) is 0 Å². The molecular weight excluding hydrogens is 157 g/mol. The van der Waals surface area contributed by atoms with E-state index in [9.17, 15) is 4.39 Å². The van der Waals surface area contributed by atoms with Crippen LogP contribution >= 0.6 is 0 Å². The summed E-state index contributed by atoms with van der Waals surface area (Å²) in [7, 11) is 0. The monoisotopic (exact) mass is 175 g/mol. The predicted octanol–water partition coefficient (Wildman–Crippen LogP) is 1.05. The maximum absolute atomic E-state index is 11.8. The molecule has 0 aliphatic carbocycles. The first-order chi connectivity index (χ1) is 5.86. The van der Waals surface area contributed by atoms with Gasteiger partial charge in [-0.3, -0.25) is 4.39 Å². The molecule has 1 rings (SSSR count). The summed E-state index contributed by atoms with van der Waals surface area (Å²) in [5, 5.41) is 8.71. The van der Waals surface area contributed by atoms with Crippen molar-refractivity contribution in [1.29, 1.82) is 0 Å². The molecule has 12 heavy (non-hydrogen) atoms. The summed E-state index contributed by atoms with van der Waals surface area (Å²) in [6.07, 6.45) is 2.74. The third-order valence-corrected chi connectivity index (χ3v) is 2.52. The third kappa shape index (κ3) is 3.07. The lowest BCUT2D eigenvalue weighted by molar-refractivity contribution is 0.248. The molecule has 1 saturated heterocycles. The van der Waals surface area contributed by atoms with Crippen LogP contribution in [0.15, 0.2) is 0 Å². The SMILES string of the molecule is OCCC1CCN(CCCF)C1. The van der Waals surface area contributed by atoms with E-state index in [4.69, 9.17) is 5.11 Å². The van der Waals surface area contributed by atoms with Gasteiger partial charge in [0.1, 0.15) is 0 Å². The van der Waals surface area contributed by atoms with Gasteiger partial charge in [0.25, 0.3) is 0 Å². The maximum atomic E-state index is 11.8. The second-order valence-electron chi connectivity index (χ2n) is 3.51. The summed E-state index contributed by atoms with van der Waals surface area (Å²) in [6.45, 7) is 3.12. The van der Waals surface area contributed by atoms with Gasteiger partial charge in [-0.1, -0.05) is 0 Å². The van der Waals surface area contributed by atoms with E-state index in [0.29, 0.717) is 18.9 Å². The van der Waals surface area contributed by atoms with Crippen molar-refractivity contribution in [3.8, 4) is 0 Å². The first-order valence-electron chi connectivity index (χ1n) is 4.76. The Hall–Kier alpha value is -0.150. The summed E-state index contributed by atoms with van der Waals surface area (Å²) in [5.41, 5.74) is 0. The lowest BCUT2D eigenvalue weighted by Gasteiger charge is -2.14. The quantitative estimate of drug-likeness (QED) is 0.675. The minimum absolute atomic E-state index is 0.207. The molecule has 1 heterocycles. The number of hydrogen-bond acceptors (Lipinski definition) is 2. The fourth-order valence-corrected chi connectivity index (χ4v) is 1.82. The zero-order valence-electron chi connectivity index (χ0n) is 7.51. The van der Waals surface area contributed by atoms with E-state index < -0.39 is 0 Å². The van der Waals surface area contributed by atoms with Crippen molar-refractivity contribution in [2.75, 3.05) is 32.9 Å². The minimum Gasteiger partial charge on any atom is -0.396 e. The van der Waals surface area contributed by atoms with Crippen LogP contribution in [0, 0.1) is 5.92 Å². The van der Waals surface area contributed by atoms with Crippen molar-refractivity contribution >= 4 is 0 Å². The molecule has 0 amide bonds. The molecule has 1 atom stereocenters. The van der Waals surface area contributed by atoms with E-state index in [1.54, 1.807) is 0 Å². The van der Waals surface area contributed by atoms with Gasteiger partial charge in [0.2, 0.25) is 0 Å². The normalized spacial score (nSPS) is 25.0. The smallest absolute Gasteiger partial charge is 0.0906 e. The molecule has 1 unspecified atom stereocenters. The van der Waals surface area contributed by atoms with E-state index >= 15 is 0 Å². The van der Waals surface area contributed by atoms with Gasteiger partial charge in [-0.05, 0) is 31.7 Å². The molecule has 0 bridgehead atoms. The van der Waals surface area contributed by atoms with Crippen LogP contribution < -0.4 is 0 Å². The topological polar surface area (TPSA) is 23.5 Å². The molecule has 1 N–H and O–H groups in total. The van der Waals surface area contributed by atoms with E-state index in [1.807, 2.05) is 0 Å². The number of hydrogen-bond donors (Lipinski definition) is 1. The van der Waals surface area contributed by atoms with E-state index in [1.165, 1.54) is 6.42 Å². The second kappa shape index (κ2) is 5.49. The number of halogens is 1. The highest BCUT2D eigenvalue weighted by Crippen LogP contribution is 2.18. The van der Waals surface area contributed by atoms with Crippen LogP contribution in [-0.4, -0.2) is 42.9 Å². The second-order valence-corrected chi connectivity index (χ2v) is 3.51. The first-order valence-corrected chi connectivity index (χ1v) is 4.76. The highest BCUT2D eigenvalue weighted by Gasteiger charge is 2.20. The first kappa shape index (κ1) is 9.93. The van der Waals surface area contributed by atoms with E-state index in [0.717, 1.165) is 26.1 Å². The van der Waals surface area contributed by atoms with Crippen molar-refractivity contribution in [1.82, 2.24) is 4.90 Å². The molecule has 1 aliphatic heterocycles. The lowest BCUT2D eigenvalue weighted by Crippen LogP contribution is -2.22. The van der Waals surface area contributed by atoms with E-state index in [2.05, 4.69) is 4.90 Å². The molecule has 0 spiro atoms. The van der Waals surface area contributed by atoms with Crippen LogP contribution in [0.1, 0.15) is 19.3 Å². The molecule has 0 aromatic rings. The Morgan fingerprint density at radius 2 is 2.33 bits per heavy atom. The number of aliphatic hydroxyl groups is 1. The Balaban J connectivity index is 2.08. The molecule has 0 saturated carbocycles. The summed E-state index contributed by atoms with van der Waals surface area (Å²) in [5.74, 6) is 0.648. The number of alkyl halides is 1. The van der Waals surface area contributed by atoms with Gasteiger partial charge >= 0.3 is 0 Å². The van der Waals surface area contributed by atoms with Gasteiger partial charge in [0, 0.05) is 19.7 Å². The lowest BCUT2D eigenvalue weighted by atomic mass is 10.1. The molecule has 72 valence electrons. The summed E-state index contributed by atoms with van der Waals surface area (Å²) in [6, 6.07) is 0. The molecule has 1 fully saturated rings. The largest absolute Gasteiger partial charge is 0.396 e. The predicted molar refractivity (Wildman–Crippen MR) is 46.8 cm³/mol. The Morgan fingerprint density at radius 3 is 3.00 bits per heavy atom. The summed E-state index contributed by atoms with van der Waals surface area (Å²) >= 11 is 0. The highest BCUT2D eigenvalue weighted by molar-refractivity contribution is 4.74. The molecule has 1 aliphatic rings. The molecular formula is C9H18FNO. The van der Waals surface area contributed by atoms with Crippen molar-refractivity contribution in [2.45, 2.75) is 19.3 Å². The Bertz CT molecular complexity index is 121. The zero-order valence-corrected chi connectivity index (χ0v) is 7.51. The maximum Gasteiger partial charge on any atom is 0.0906 e. The third-order valence-electron chi connectivity index (χ3n) is 2.52. The number of rotatable bonds is 5. The summed E-state index contributed by atoms with van der Waals surface area (Å²) < 4.78 is 11.8. The Labute approximate surface area is 73.4 Å². The average molecular weight is 175 g/mol. The Kier molecular flexibility index (Phi) is 4.54. The van der Waals surface area contributed by atoms with Gasteiger partial charge in [-0.2, -0.15) is 0 Å². The van der Waals surface area contributed by atoms with Gasteiger partial charge in [-0.25, -0.2) is 0 Å². The van der Waals surface area contributed by atoms with Crippen molar-refractivity contribution < 1.29 is 9.50 Å². The van der Waals surface area contributed by atoms with Gasteiger partial charge < -0.3 is 10.0 Å². The number of likely N-dealkylation sites (tertiary alicyclic amines) is 1. The molecule has 0 aromatic heterocycles. The van der Waals surface area contributed by atoms with Crippen molar-refractivity contribution in [2.24, 2.45) is 5.92 Å². The zero-order chi connectivity index (χ0) is 8.81. The molecule has 3 heteroatoms. The number of nitrogens with zero attached hydrogens (tertiary/aromatic N) is 1. The van der Waals surface area contributed by atoms with Crippen molar-refractivity contribution in [3.05, 3.63) is 0 Å². The molecule has 0 radical (unpaired) electrons. The van der Waals surface area contributed by atoms with Crippen LogP contribution in [0.5, 0.6) is 0 Å². The van der Waals surface area contributed by atoms with Gasteiger partial charge in [0.15, 0.2) is 0 Å². The van der Waals surface area contributed by atoms with Gasteiger partial charge in [0.05, 0.1) is 6.67 Å². The van der Waals surface area contributed by atoms with Crippen LogP contribution in [0.2, 0.25) is 0 Å². The highest BCUT2D eigenvalue weighted by atomic mass is 19.1. The Morgan fingerprint density at radius 1 is 1.50 bits per heavy atom. The van der Waals surface area contributed by atoms with Crippen LogP contribution in [0.4, 0.5) is 4.39 Å². The average Bonchev–Trinajstić information content (AvgIpc) is 2.50. The fourth-order valence-electron chi connectivity index (χ4n) is 1.82. The van der Waals surface area contributed by atoms with Crippen LogP contribution in [0.25, 0.3) is 0 Å². The fraction of sp³-hybridized carbons (Fsp3) is 1.00. The van der Waals surface area contributed by atoms with Crippen molar-refractivity contribution in [3.63, 3.8) is 0 Å². The van der Waals surface area contributed by atoms with Crippen LogP contribution in [0.3, 0.4) is 0 Å². The van der Waals surface area contributed by atoms with Gasteiger partial charge in [-0.15, -0.1) is 0 Å². The summed E-state index contributed by atoms with van der Waals surface area (Å²) in [4.78, 5) is 2.29. The standard InChI is InChI=1S/C9H18FNO/c10-4-1-5-11-6-2-9(8-11)3-7-12/h9,12H,1-8H2. The number of aliphatic hydroxyl groups excluding tert-OH is 1.